The summed E-state index contributed by atoms with van der Waals surface area (Å²) in [5.41, 5.74) is 12.0. The van der Waals surface area contributed by atoms with Gasteiger partial charge in [0.2, 0.25) is 0 Å². The highest BCUT2D eigenvalue weighted by atomic mass is 16.1. The van der Waals surface area contributed by atoms with Gasteiger partial charge in [0.25, 0.3) is 5.91 Å². The molecule has 0 aliphatic heterocycles. The van der Waals surface area contributed by atoms with Crippen molar-refractivity contribution in [1.82, 2.24) is 44.6 Å². The fourth-order valence-electron chi connectivity index (χ4n) is 5.16. The predicted molar refractivity (Wildman–Crippen MR) is 149 cm³/mol. The van der Waals surface area contributed by atoms with E-state index in [9.17, 15) is 4.79 Å². The Morgan fingerprint density at radius 3 is 2.70 bits per heavy atom. The van der Waals surface area contributed by atoms with E-state index in [1.165, 1.54) is 0 Å². The SMILES string of the molecule is Cc1ncc(C(=O)N[C@H]2CCc3cc(-n4c(-c5cccnc5N)nc5ccc(-n6cccn6)nc54)ccc32)cn1. The maximum absolute atomic E-state index is 12.8. The number of pyridine rings is 2. The lowest BCUT2D eigenvalue weighted by atomic mass is 10.1. The van der Waals surface area contributed by atoms with Crippen molar-refractivity contribution in [2.75, 3.05) is 5.73 Å². The van der Waals surface area contributed by atoms with Crippen molar-refractivity contribution in [1.29, 1.82) is 0 Å². The number of aryl methyl sites for hydroxylation is 2. The fourth-order valence-corrected chi connectivity index (χ4v) is 5.16. The van der Waals surface area contributed by atoms with Gasteiger partial charge in [-0.05, 0) is 73.4 Å². The Bertz CT molecular complexity index is 1880. The van der Waals surface area contributed by atoms with Crippen LogP contribution in [0.15, 0.2) is 79.5 Å². The Labute approximate surface area is 228 Å². The summed E-state index contributed by atoms with van der Waals surface area (Å²) in [6.07, 6.45) is 9.95. The molecule has 1 aliphatic carbocycles. The number of nitrogens with zero attached hydrogens (tertiary/aromatic N) is 8. The van der Waals surface area contributed by atoms with Gasteiger partial charge < -0.3 is 11.1 Å². The molecule has 0 unspecified atom stereocenters. The monoisotopic (exact) mass is 528 g/mol. The van der Waals surface area contributed by atoms with Gasteiger partial charge in [-0.1, -0.05) is 6.07 Å². The molecule has 0 radical (unpaired) electrons. The summed E-state index contributed by atoms with van der Waals surface area (Å²) in [5, 5.41) is 7.47. The van der Waals surface area contributed by atoms with E-state index in [2.05, 4.69) is 37.5 Å². The average molecular weight is 529 g/mol. The molecule has 11 nitrogen and oxygen atoms in total. The third kappa shape index (κ3) is 4.04. The molecule has 0 spiro atoms. The number of amides is 1. The van der Waals surface area contributed by atoms with Gasteiger partial charge in [-0.3, -0.25) is 9.36 Å². The predicted octanol–water partition coefficient (Wildman–Crippen LogP) is 3.77. The molecule has 0 saturated heterocycles. The van der Waals surface area contributed by atoms with Crippen molar-refractivity contribution in [3.63, 3.8) is 0 Å². The summed E-state index contributed by atoms with van der Waals surface area (Å²) in [6, 6.07) is 15.5. The molecule has 0 bridgehead atoms. The van der Waals surface area contributed by atoms with Crippen LogP contribution in [0, 0.1) is 6.92 Å². The van der Waals surface area contributed by atoms with Gasteiger partial charge in [-0.25, -0.2) is 29.6 Å². The zero-order valence-electron chi connectivity index (χ0n) is 21.6. The third-order valence-corrected chi connectivity index (χ3v) is 7.12. The molecule has 1 aromatic carbocycles. The molecule has 1 atom stereocenters. The van der Waals surface area contributed by atoms with Gasteiger partial charge in [-0.15, -0.1) is 0 Å². The van der Waals surface area contributed by atoms with Crippen LogP contribution in [0.4, 0.5) is 5.82 Å². The van der Waals surface area contributed by atoms with E-state index in [1.807, 2.05) is 47.2 Å². The smallest absolute Gasteiger partial charge is 0.254 e. The Morgan fingerprint density at radius 2 is 1.90 bits per heavy atom. The van der Waals surface area contributed by atoms with Crippen molar-refractivity contribution in [3.05, 3.63) is 102 Å². The quantitative estimate of drug-likeness (QED) is 0.344. The number of hydrogen-bond donors (Lipinski definition) is 2. The van der Waals surface area contributed by atoms with Crippen LogP contribution >= 0.6 is 0 Å². The van der Waals surface area contributed by atoms with Crippen LogP contribution in [0.3, 0.4) is 0 Å². The molecule has 1 amide bonds. The standard InChI is InChI=1S/C29H24N10O/c1-17-32-15-19(16-33-17)29(40)36-23-8-5-18-14-20(6-7-21(18)23)39-27(22-4-2-11-31-26(22)30)35-24-9-10-25(37-28(24)39)38-13-3-12-34-38/h2-4,6-7,9-16,23H,5,8H2,1H3,(H2,30,31)(H,36,40)/t23-/m0/s1. The van der Waals surface area contributed by atoms with E-state index in [0.717, 1.165) is 35.2 Å². The normalized spacial score (nSPS) is 14.4. The number of benzene rings is 1. The second-order valence-electron chi connectivity index (χ2n) is 9.64. The van der Waals surface area contributed by atoms with Gasteiger partial charge >= 0.3 is 0 Å². The molecular formula is C29H24N10O. The van der Waals surface area contributed by atoms with Gasteiger partial charge in [0, 0.05) is 36.7 Å². The number of nitrogen functional groups attached to an aromatic ring is 1. The Morgan fingerprint density at radius 1 is 1.02 bits per heavy atom. The molecule has 5 aromatic heterocycles. The first-order valence-electron chi connectivity index (χ1n) is 12.9. The van der Waals surface area contributed by atoms with Crippen LogP contribution in [-0.2, 0) is 6.42 Å². The summed E-state index contributed by atoms with van der Waals surface area (Å²) in [7, 11) is 0. The molecule has 6 aromatic rings. The lowest BCUT2D eigenvalue weighted by Gasteiger charge is -2.16. The number of anilines is 1. The number of imidazole rings is 1. The highest BCUT2D eigenvalue weighted by molar-refractivity contribution is 5.94. The zero-order valence-corrected chi connectivity index (χ0v) is 21.6. The highest BCUT2D eigenvalue weighted by Crippen LogP contribution is 2.36. The molecule has 11 heteroatoms. The van der Waals surface area contributed by atoms with Crippen molar-refractivity contribution in [2.45, 2.75) is 25.8 Å². The number of carbonyl (C=O) groups is 1. The minimum absolute atomic E-state index is 0.102. The van der Waals surface area contributed by atoms with E-state index in [1.54, 1.807) is 36.4 Å². The summed E-state index contributed by atoms with van der Waals surface area (Å²) in [6.45, 7) is 1.79. The van der Waals surface area contributed by atoms with Crippen LogP contribution in [0.25, 0.3) is 34.1 Å². The number of nitrogens with two attached hydrogens (primary N) is 1. The molecule has 40 heavy (non-hydrogen) atoms. The van der Waals surface area contributed by atoms with Crippen LogP contribution in [-0.4, -0.2) is 45.2 Å². The van der Waals surface area contributed by atoms with Crippen LogP contribution in [0.5, 0.6) is 0 Å². The number of carbonyl (C=O) groups excluding carboxylic acids is 1. The summed E-state index contributed by atoms with van der Waals surface area (Å²) < 4.78 is 3.72. The first-order chi connectivity index (χ1) is 19.5. The molecule has 5 heterocycles. The number of hydrogen-bond acceptors (Lipinski definition) is 8. The Hall–Kier alpha value is -5.45. The van der Waals surface area contributed by atoms with E-state index in [0.29, 0.717) is 40.1 Å². The zero-order chi connectivity index (χ0) is 27.2. The first kappa shape index (κ1) is 23.7. The summed E-state index contributed by atoms with van der Waals surface area (Å²) in [5.74, 6) is 2.14. The largest absolute Gasteiger partial charge is 0.383 e. The lowest BCUT2D eigenvalue weighted by molar-refractivity contribution is 0.0936. The number of fused-ring (bicyclic) bond motifs is 2. The maximum Gasteiger partial charge on any atom is 0.254 e. The van der Waals surface area contributed by atoms with E-state index < -0.39 is 0 Å². The van der Waals surface area contributed by atoms with Crippen molar-refractivity contribution < 1.29 is 4.79 Å². The van der Waals surface area contributed by atoms with E-state index >= 15 is 0 Å². The highest BCUT2D eigenvalue weighted by Gasteiger charge is 2.26. The molecule has 7 rings (SSSR count). The molecule has 3 N–H and O–H groups in total. The van der Waals surface area contributed by atoms with Gasteiger partial charge in [0.1, 0.15) is 17.2 Å². The van der Waals surface area contributed by atoms with Crippen LogP contribution in [0.2, 0.25) is 0 Å². The van der Waals surface area contributed by atoms with Crippen molar-refractivity contribution >= 4 is 22.9 Å². The number of nitrogens with one attached hydrogen (secondary N) is 1. The van der Waals surface area contributed by atoms with Crippen molar-refractivity contribution in [3.8, 4) is 22.9 Å². The third-order valence-electron chi connectivity index (χ3n) is 7.12. The minimum Gasteiger partial charge on any atom is -0.383 e. The number of rotatable bonds is 5. The van der Waals surface area contributed by atoms with Crippen molar-refractivity contribution in [2.24, 2.45) is 0 Å². The second kappa shape index (κ2) is 9.38. The van der Waals surface area contributed by atoms with E-state index in [-0.39, 0.29) is 11.9 Å². The minimum atomic E-state index is -0.188. The Balaban J connectivity index is 1.31. The summed E-state index contributed by atoms with van der Waals surface area (Å²) in [4.78, 5) is 35.3. The molecule has 196 valence electrons. The second-order valence-corrected chi connectivity index (χ2v) is 9.64. The topological polar surface area (TPSA) is 142 Å². The first-order valence-corrected chi connectivity index (χ1v) is 12.9. The summed E-state index contributed by atoms with van der Waals surface area (Å²) >= 11 is 0. The van der Waals surface area contributed by atoms with Gasteiger partial charge in [0.05, 0.1) is 17.2 Å². The molecule has 1 aliphatic rings. The Kier molecular flexibility index (Phi) is 5.55. The lowest BCUT2D eigenvalue weighted by Crippen LogP contribution is -2.27. The molecule has 0 saturated carbocycles. The van der Waals surface area contributed by atoms with Crippen LogP contribution < -0.4 is 11.1 Å². The molecule has 0 fully saturated rings. The average Bonchev–Trinajstić information content (AvgIpc) is 3.72. The van der Waals surface area contributed by atoms with Gasteiger partial charge in [0.15, 0.2) is 17.3 Å². The van der Waals surface area contributed by atoms with Crippen LogP contribution in [0.1, 0.15) is 39.8 Å². The van der Waals surface area contributed by atoms with E-state index in [4.69, 9.17) is 15.7 Å². The number of aromatic nitrogens is 8. The van der Waals surface area contributed by atoms with Gasteiger partial charge in [-0.2, -0.15) is 5.10 Å². The maximum atomic E-state index is 12.8. The molecular weight excluding hydrogens is 504 g/mol. The fraction of sp³-hybridized carbons (Fsp3) is 0.138.